The van der Waals surface area contributed by atoms with Crippen LogP contribution in [0.15, 0.2) is 58.5 Å². The number of ether oxygens (including phenoxy) is 5. The molecule has 3 fully saturated rings. The summed E-state index contributed by atoms with van der Waals surface area (Å²) in [6.07, 6.45) is -9.80. The number of aromatic hydroxyl groups is 1. The Balaban J connectivity index is 1.01. The summed E-state index contributed by atoms with van der Waals surface area (Å²) in [4.78, 5) is 49.8. The number of nitrogens with zero attached hydrogens (tertiary/aromatic N) is 2. The standard InChI is InChI=1S/C40H49F3N6O15S/c41-40(42,43)39(48-49-39)22-7-10-24(34(55)47-38(59)33(54)32(53)28(19-50)64-36(38)63-27(35(56)57)17-21-5-8-23(51)9-6-21)26(18-22)62-16-15-61-14-13-60-12-11-44-30(52)4-2-1-3-29-31-25(20-65-29)45-37(58)46-31/h5-10,17-18,25,28-29,31-33,36,50-51,53-54,59H,1-4,11-16,19-20H2,(H,44,52)(H,47,55)(H,56,57)(H2,45,46,58)/b27-17-/t25?,28-,29?,31?,32+,33+,36-,38-/m1/s1. The van der Waals surface area contributed by atoms with Crippen LogP contribution in [0.1, 0.15) is 47.2 Å². The summed E-state index contributed by atoms with van der Waals surface area (Å²) < 4.78 is 69.3. The van der Waals surface area contributed by atoms with Crippen LogP contribution in [-0.2, 0) is 34.2 Å². The Hall–Kier alpha value is -5.28. The van der Waals surface area contributed by atoms with Gasteiger partial charge in [-0.3, -0.25) is 9.59 Å². The normalized spacial score (nSPS) is 26.7. The van der Waals surface area contributed by atoms with Gasteiger partial charge in [-0.1, -0.05) is 24.6 Å². The Kier molecular flexibility index (Phi) is 16.1. The highest BCUT2D eigenvalue weighted by atomic mass is 32.2. The van der Waals surface area contributed by atoms with Crippen LogP contribution in [0.4, 0.5) is 18.0 Å². The van der Waals surface area contributed by atoms with Crippen molar-refractivity contribution in [2.75, 3.05) is 51.9 Å². The van der Waals surface area contributed by atoms with Gasteiger partial charge in [-0.2, -0.15) is 24.9 Å². The van der Waals surface area contributed by atoms with Crippen molar-refractivity contribution in [3.63, 3.8) is 0 Å². The quantitative estimate of drug-likeness (QED) is 0.0243. The van der Waals surface area contributed by atoms with Crippen LogP contribution in [0.3, 0.4) is 0 Å². The number of aliphatic hydroxyl groups excluding tert-OH is 3. The number of aliphatic carboxylic acids is 1. The number of hydrogen-bond acceptors (Lipinski definition) is 17. The lowest BCUT2D eigenvalue weighted by Crippen LogP contribution is -2.73. The van der Waals surface area contributed by atoms with Crippen molar-refractivity contribution < 1.29 is 86.7 Å². The topological polar surface area (TPSA) is 309 Å². The van der Waals surface area contributed by atoms with Crippen LogP contribution in [0, 0.1) is 0 Å². The molecule has 3 saturated heterocycles. The number of nitrogens with one attached hydrogen (secondary N) is 4. The Morgan fingerprint density at radius 2 is 1.71 bits per heavy atom. The molecular formula is C40H49F3N6O15S. The molecule has 4 aliphatic heterocycles. The summed E-state index contributed by atoms with van der Waals surface area (Å²) in [5.74, 6) is -3.90. The first-order valence-corrected chi connectivity index (χ1v) is 21.5. The fraction of sp³-hybridized carbons (Fsp3) is 0.550. The van der Waals surface area contributed by atoms with E-state index in [1.807, 2.05) is 17.1 Å². The van der Waals surface area contributed by atoms with Gasteiger partial charge in [0, 0.05) is 29.5 Å². The predicted octanol–water partition coefficient (Wildman–Crippen LogP) is 0.827. The smallest absolute Gasteiger partial charge is 0.442 e. The van der Waals surface area contributed by atoms with Gasteiger partial charge in [-0.25, -0.2) is 9.59 Å². The van der Waals surface area contributed by atoms with Gasteiger partial charge in [-0.15, -0.1) is 10.2 Å². The highest BCUT2D eigenvalue weighted by Gasteiger charge is 2.65. The van der Waals surface area contributed by atoms with Crippen LogP contribution in [-0.4, -0.2) is 160 Å². The molecule has 0 spiro atoms. The molecule has 3 unspecified atom stereocenters. The number of amides is 4. The third kappa shape index (κ3) is 12.0. The molecule has 0 bridgehead atoms. The van der Waals surface area contributed by atoms with Gasteiger partial charge in [0.1, 0.15) is 36.4 Å². The SMILES string of the molecule is O=C(CCCCC1SCC2NC(=O)NC21)NCCOCCOCCOc1cc(C2(C(F)(F)F)N=N2)ccc1C(=O)N[C@]1(O)[C@H](O/C(=C\c2ccc(O)cc2)C(=O)O)O[C@H](CO)[C@H](O)[C@@H]1O. The Bertz CT molecular complexity index is 2080. The van der Waals surface area contributed by atoms with Gasteiger partial charge in [0.15, 0.2) is 0 Å². The van der Waals surface area contributed by atoms with Crippen molar-refractivity contribution in [1.29, 1.82) is 0 Å². The van der Waals surface area contributed by atoms with Crippen molar-refractivity contribution in [2.24, 2.45) is 10.2 Å². The van der Waals surface area contributed by atoms with Gasteiger partial charge in [-0.05, 0) is 48.7 Å². The molecule has 4 amide bonds. The van der Waals surface area contributed by atoms with Crippen LogP contribution < -0.4 is 26.0 Å². The van der Waals surface area contributed by atoms with E-state index in [0.717, 1.165) is 42.9 Å². The minimum Gasteiger partial charge on any atom is -0.508 e. The molecule has 21 nitrogen and oxygen atoms in total. The predicted molar refractivity (Wildman–Crippen MR) is 218 cm³/mol. The van der Waals surface area contributed by atoms with Gasteiger partial charge in [0.2, 0.25) is 17.4 Å². The number of halogens is 3. The van der Waals surface area contributed by atoms with Crippen molar-refractivity contribution >= 4 is 41.7 Å². The average molecular weight is 943 g/mol. The number of alkyl halides is 3. The van der Waals surface area contributed by atoms with E-state index >= 15 is 0 Å². The van der Waals surface area contributed by atoms with Crippen LogP contribution in [0.5, 0.6) is 11.5 Å². The summed E-state index contributed by atoms with van der Waals surface area (Å²) in [6, 6.07) is 7.79. The van der Waals surface area contributed by atoms with Crippen molar-refractivity contribution in [1.82, 2.24) is 21.3 Å². The van der Waals surface area contributed by atoms with E-state index < -0.39 is 83.3 Å². The van der Waals surface area contributed by atoms with Crippen LogP contribution in [0.25, 0.3) is 6.08 Å². The summed E-state index contributed by atoms with van der Waals surface area (Å²) in [7, 11) is 0. The zero-order valence-electron chi connectivity index (χ0n) is 34.4. The van der Waals surface area contributed by atoms with Crippen molar-refractivity contribution in [3.05, 3.63) is 64.9 Å². The van der Waals surface area contributed by atoms with Crippen molar-refractivity contribution in [3.8, 4) is 11.5 Å². The lowest BCUT2D eigenvalue weighted by atomic mass is 9.92. The van der Waals surface area contributed by atoms with Crippen LogP contribution >= 0.6 is 11.8 Å². The largest absolute Gasteiger partial charge is 0.508 e. The molecule has 4 aliphatic rings. The molecule has 2 aromatic rings. The van der Waals surface area contributed by atoms with Crippen molar-refractivity contribution in [2.45, 2.75) is 85.2 Å². The third-order valence-corrected chi connectivity index (χ3v) is 12.3. The maximum atomic E-state index is 14.0. The molecule has 65 heavy (non-hydrogen) atoms. The highest BCUT2D eigenvalue weighted by Crippen LogP contribution is 2.53. The molecule has 6 rings (SSSR count). The summed E-state index contributed by atoms with van der Waals surface area (Å²) in [5.41, 5.74) is -7.04. The molecule has 0 aliphatic carbocycles. The Labute approximate surface area is 372 Å². The number of urea groups is 1. The summed E-state index contributed by atoms with van der Waals surface area (Å²) in [5, 5.41) is 79.9. The van der Waals surface area contributed by atoms with Gasteiger partial charge in [0.25, 0.3) is 12.2 Å². The molecule has 356 valence electrons. The number of hydrogen-bond donors (Lipinski definition) is 10. The molecule has 10 N–H and O–H groups in total. The Morgan fingerprint density at radius 1 is 1.00 bits per heavy atom. The molecule has 25 heteroatoms. The fourth-order valence-electron chi connectivity index (χ4n) is 7.23. The number of carbonyl (C=O) groups excluding carboxylic acids is 3. The van der Waals surface area contributed by atoms with E-state index in [1.165, 1.54) is 24.3 Å². The third-order valence-electron chi connectivity index (χ3n) is 10.8. The summed E-state index contributed by atoms with van der Waals surface area (Å²) in [6.45, 7) is -0.900. The molecule has 4 heterocycles. The fourth-order valence-corrected chi connectivity index (χ4v) is 8.77. The first-order valence-electron chi connectivity index (χ1n) is 20.4. The number of carbonyl (C=O) groups is 4. The zero-order valence-corrected chi connectivity index (χ0v) is 35.3. The molecular weight excluding hydrogens is 894 g/mol. The van der Waals surface area contributed by atoms with E-state index in [2.05, 4.69) is 26.2 Å². The van der Waals surface area contributed by atoms with E-state index in [-0.39, 0.29) is 74.9 Å². The number of phenolic OH excluding ortho intramolecular Hbond substituents is 1. The number of benzene rings is 2. The maximum Gasteiger partial charge on any atom is 0.442 e. The molecule has 8 atom stereocenters. The number of carboxylic acids is 1. The number of unbranched alkanes of at least 4 members (excludes halogenated alkanes) is 1. The number of thioether (sulfide) groups is 1. The van der Waals surface area contributed by atoms with Gasteiger partial charge in [0.05, 0.1) is 50.7 Å². The van der Waals surface area contributed by atoms with E-state index in [4.69, 9.17) is 23.7 Å². The first-order chi connectivity index (χ1) is 31.0. The van der Waals surface area contributed by atoms with Gasteiger partial charge >= 0.3 is 23.8 Å². The lowest BCUT2D eigenvalue weighted by molar-refractivity contribution is -0.338. The van der Waals surface area contributed by atoms with Crippen LogP contribution in [0.2, 0.25) is 0 Å². The van der Waals surface area contributed by atoms with E-state index in [1.54, 1.807) is 0 Å². The number of rotatable bonds is 23. The number of fused-ring (bicyclic) bond motifs is 1. The number of carboxylic acid groups (broad SMARTS) is 1. The second-order valence-corrected chi connectivity index (χ2v) is 16.6. The maximum absolute atomic E-state index is 14.0. The first kappa shape index (κ1) is 49.2. The minimum atomic E-state index is -4.97. The average Bonchev–Trinajstić information content (AvgIpc) is 3.91. The molecule has 0 radical (unpaired) electrons. The zero-order chi connectivity index (χ0) is 46.9. The second kappa shape index (κ2) is 21.4. The van der Waals surface area contributed by atoms with E-state index in [9.17, 15) is 63.0 Å². The lowest BCUT2D eigenvalue weighted by Gasteiger charge is -2.47. The van der Waals surface area contributed by atoms with E-state index in [0.29, 0.717) is 18.1 Å². The number of aliphatic hydroxyl groups is 4. The molecule has 2 aromatic carbocycles. The molecule has 0 aromatic heterocycles. The monoisotopic (exact) mass is 942 g/mol. The Morgan fingerprint density at radius 3 is 2.38 bits per heavy atom. The second-order valence-electron chi connectivity index (χ2n) is 15.3. The molecule has 0 saturated carbocycles. The van der Waals surface area contributed by atoms with Gasteiger partial charge < -0.3 is 75.6 Å². The minimum absolute atomic E-state index is 0.0413. The number of phenols is 1. The highest BCUT2D eigenvalue weighted by molar-refractivity contribution is 8.00. The summed E-state index contributed by atoms with van der Waals surface area (Å²) >= 11 is 1.82.